The predicted octanol–water partition coefficient (Wildman–Crippen LogP) is 0.373. The van der Waals surface area contributed by atoms with E-state index in [-0.39, 0.29) is 0 Å². The lowest BCUT2D eigenvalue weighted by Gasteiger charge is -2.22. The molecule has 2 saturated heterocycles. The summed E-state index contributed by atoms with van der Waals surface area (Å²) in [4.78, 5) is 12.4. The Kier molecular flexibility index (Phi) is 4.49. The van der Waals surface area contributed by atoms with Gasteiger partial charge in [0.15, 0.2) is 5.96 Å². The highest BCUT2D eigenvalue weighted by molar-refractivity contribution is 5.80. The van der Waals surface area contributed by atoms with Crippen molar-refractivity contribution in [2.24, 2.45) is 4.99 Å². The van der Waals surface area contributed by atoms with Gasteiger partial charge in [0.1, 0.15) is 5.82 Å². The van der Waals surface area contributed by atoms with Crippen molar-refractivity contribution in [3.8, 4) is 0 Å². The molecule has 2 bridgehead atoms. The van der Waals surface area contributed by atoms with E-state index in [1.807, 2.05) is 0 Å². The fraction of sp³-hybridized carbons (Fsp3) is 0.643. The second kappa shape index (κ2) is 6.71. The van der Waals surface area contributed by atoms with Crippen molar-refractivity contribution in [1.29, 1.82) is 0 Å². The van der Waals surface area contributed by atoms with Gasteiger partial charge in [0.2, 0.25) is 0 Å². The smallest absolute Gasteiger partial charge is 0.191 e. The van der Waals surface area contributed by atoms with Crippen LogP contribution in [0, 0.1) is 0 Å². The lowest BCUT2D eigenvalue weighted by Crippen LogP contribution is -2.48. The van der Waals surface area contributed by atoms with Crippen LogP contribution in [0.4, 0.5) is 5.82 Å². The van der Waals surface area contributed by atoms with Crippen LogP contribution < -0.4 is 16.0 Å². The highest BCUT2D eigenvalue weighted by Gasteiger charge is 2.40. The van der Waals surface area contributed by atoms with E-state index in [2.05, 4.69) is 30.9 Å². The number of ether oxygens (including phenoxy) is 1. The Morgan fingerprint density at radius 1 is 1.38 bits per heavy atom. The maximum Gasteiger partial charge on any atom is 0.191 e. The highest BCUT2D eigenvalue weighted by atomic mass is 16.5. The zero-order valence-electron chi connectivity index (χ0n) is 12.2. The Balaban J connectivity index is 1.37. The van der Waals surface area contributed by atoms with Gasteiger partial charge < -0.3 is 20.7 Å². The summed E-state index contributed by atoms with van der Waals surface area (Å²) in [6, 6.07) is 0.392. The molecule has 2 aliphatic heterocycles. The molecule has 7 heteroatoms. The molecule has 114 valence electrons. The van der Waals surface area contributed by atoms with Crippen molar-refractivity contribution < 1.29 is 4.74 Å². The molecular formula is C14H22N6O. The second-order valence-corrected chi connectivity index (χ2v) is 5.38. The average Bonchev–Trinajstić information content (AvgIpc) is 3.14. The first-order valence-corrected chi connectivity index (χ1v) is 7.47. The van der Waals surface area contributed by atoms with Crippen LogP contribution in [0.5, 0.6) is 0 Å². The molecule has 21 heavy (non-hydrogen) atoms. The van der Waals surface area contributed by atoms with Crippen molar-refractivity contribution in [3.63, 3.8) is 0 Å². The van der Waals surface area contributed by atoms with Gasteiger partial charge in [-0.15, -0.1) is 0 Å². The predicted molar refractivity (Wildman–Crippen MR) is 81.3 cm³/mol. The van der Waals surface area contributed by atoms with E-state index in [0.717, 1.165) is 37.7 Å². The summed E-state index contributed by atoms with van der Waals surface area (Å²) in [5.74, 6) is 1.61. The van der Waals surface area contributed by atoms with E-state index in [1.165, 1.54) is 6.42 Å². The van der Waals surface area contributed by atoms with Crippen LogP contribution in [0.1, 0.15) is 19.3 Å². The third-order valence-electron chi connectivity index (χ3n) is 3.94. The van der Waals surface area contributed by atoms with Crippen LogP contribution in [0.2, 0.25) is 0 Å². The minimum absolute atomic E-state index is 0.353. The molecule has 3 unspecified atom stereocenters. The summed E-state index contributed by atoms with van der Waals surface area (Å²) in [6.45, 7) is 1.52. The zero-order valence-corrected chi connectivity index (χ0v) is 12.2. The second-order valence-electron chi connectivity index (χ2n) is 5.38. The number of aromatic nitrogens is 2. The summed E-state index contributed by atoms with van der Waals surface area (Å²) in [5, 5.41) is 9.95. The molecule has 7 nitrogen and oxygen atoms in total. The van der Waals surface area contributed by atoms with Crippen molar-refractivity contribution in [2.75, 3.05) is 25.5 Å². The molecule has 3 N–H and O–H groups in total. The number of guanidine groups is 1. The van der Waals surface area contributed by atoms with Crippen LogP contribution in [-0.2, 0) is 4.74 Å². The van der Waals surface area contributed by atoms with Crippen molar-refractivity contribution in [1.82, 2.24) is 20.6 Å². The Morgan fingerprint density at radius 3 is 3.00 bits per heavy atom. The number of hydrogen-bond donors (Lipinski definition) is 3. The summed E-state index contributed by atoms with van der Waals surface area (Å²) < 4.78 is 5.84. The summed E-state index contributed by atoms with van der Waals surface area (Å²) in [5.41, 5.74) is 0. The normalized spacial score (nSPS) is 27.7. The van der Waals surface area contributed by atoms with Gasteiger partial charge in [0.25, 0.3) is 0 Å². The number of anilines is 1. The molecule has 1 aromatic rings. The van der Waals surface area contributed by atoms with Crippen LogP contribution in [0.15, 0.2) is 23.6 Å². The molecule has 3 heterocycles. The molecule has 1 aromatic heterocycles. The summed E-state index contributed by atoms with van der Waals surface area (Å²) >= 11 is 0. The van der Waals surface area contributed by atoms with Gasteiger partial charge in [0.05, 0.1) is 24.4 Å². The van der Waals surface area contributed by atoms with E-state index in [0.29, 0.717) is 18.2 Å². The Bertz CT molecular complexity index is 480. The molecule has 3 rings (SSSR count). The molecule has 0 spiro atoms. The van der Waals surface area contributed by atoms with E-state index >= 15 is 0 Å². The Labute approximate surface area is 124 Å². The van der Waals surface area contributed by atoms with Gasteiger partial charge in [-0.2, -0.15) is 0 Å². The number of rotatable bonds is 5. The number of fused-ring (bicyclic) bond motifs is 2. The first-order valence-electron chi connectivity index (χ1n) is 7.47. The fourth-order valence-corrected chi connectivity index (χ4v) is 2.92. The number of nitrogens with zero attached hydrogens (tertiary/aromatic N) is 3. The number of hydrogen-bond acceptors (Lipinski definition) is 5. The van der Waals surface area contributed by atoms with Gasteiger partial charge in [-0.3, -0.25) is 9.98 Å². The van der Waals surface area contributed by atoms with Crippen LogP contribution >= 0.6 is 0 Å². The molecule has 2 aliphatic rings. The Morgan fingerprint density at radius 2 is 2.33 bits per heavy atom. The van der Waals surface area contributed by atoms with Gasteiger partial charge in [-0.05, 0) is 19.3 Å². The molecule has 0 saturated carbocycles. The van der Waals surface area contributed by atoms with Crippen molar-refractivity contribution >= 4 is 11.8 Å². The molecule has 0 radical (unpaired) electrons. The first-order chi connectivity index (χ1) is 10.3. The standard InChI is InChI=1S/C14H22N6O/c1-15-14(20-11-8-10-2-3-12(11)21-10)19-7-6-18-13-9-16-4-5-17-13/h4-5,9-12H,2-3,6-8H2,1H3,(H,17,18)(H2,15,19,20). The van der Waals surface area contributed by atoms with Gasteiger partial charge in [-0.1, -0.05) is 0 Å². The van der Waals surface area contributed by atoms with Crippen LogP contribution in [-0.4, -0.2) is 54.3 Å². The topological polar surface area (TPSA) is 83.5 Å². The molecule has 3 atom stereocenters. The SMILES string of the molecule is CN=C(NCCNc1cnccn1)NC1CC2CCC1O2. The van der Waals surface area contributed by atoms with Crippen molar-refractivity contribution in [2.45, 2.75) is 37.5 Å². The van der Waals surface area contributed by atoms with E-state index in [4.69, 9.17) is 4.74 Å². The monoisotopic (exact) mass is 290 g/mol. The summed E-state index contributed by atoms with van der Waals surface area (Å²) in [7, 11) is 1.79. The zero-order chi connectivity index (χ0) is 14.5. The van der Waals surface area contributed by atoms with E-state index in [9.17, 15) is 0 Å². The minimum atomic E-state index is 0.353. The van der Waals surface area contributed by atoms with Gasteiger partial charge in [-0.25, -0.2) is 4.98 Å². The lowest BCUT2D eigenvalue weighted by atomic mass is 9.96. The largest absolute Gasteiger partial charge is 0.373 e. The van der Waals surface area contributed by atoms with Crippen molar-refractivity contribution in [3.05, 3.63) is 18.6 Å². The average molecular weight is 290 g/mol. The third-order valence-corrected chi connectivity index (χ3v) is 3.94. The highest BCUT2D eigenvalue weighted by Crippen LogP contribution is 2.34. The molecule has 0 amide bonds. The quantitative estimate of drug-likeness (QED) is 0.413. The minimum Gasteiger partial charge on any atom is -0.373 e. The van der Waals surface area contributed by atoms with Crippen LogP contribution in [0.25, 0.3) is 0 Å². The Hall–Kier alpha value is -1.89. The maximum absolute atomic E-state index is 5.84. The first kappa shape index (κ1) is 14.1. The lowest BCUT2D eigenvalue weighted by molar-refractivity contribution is 0.0992. The third kappa shape index (κ3) is 3.60. The fourth-order valence-electron chi connectivity index (χ4n) is 2.92. The molecule has 2 fully saturated rings. The molecule has 0 aromatic carbocycles. The number of nitrogens with one attached hydrogen (secondary N) is 3. The number of aliphatic imine (C=N–C) groups is 1. The summed E-state index contributed by atoms with van der Waals surface area (Å²) in [6.07, 6.45) is 9.29. The maximum atomic E-state index is 5.84. The van der Waals surface area contributed by atoms with Gasteiger partial charge in [0, 0.05) is 32.5 Å². The van der Waals surface area contributed by atoms with Gasteiger partial charge >= 0.3 is 0 Å². The van der Waals surface area contributed by atoms with E-state index < -0.39 is 0 Å². The molecule has 0 aliphatic carbocycles. The van der Waals surface area contributed by atoms with E-state index in [1.54, 1.807) is 25.6 Å². The van der Waals surface area contributed by atoms with Crippen LogP contribution in [0.3, 0.4) is 0 Å². The molecular weight excluding hydrogens is 268 g/mol.